The molecule has 1 aromatic heterocycles. The predicted octanol–water partition coefficient (Wildman–Crippen LogP) is 3.83. The Morgan fingerprint density at radius 1 is 1.05 bits per heavy atom. The highest BCUT2D eigenvalue weighted by Crippen LogP contribution is 2.21. The minimum atomic E-state index is -0.117. The highest BCUT2D eigenvalue weighted by Gasteiger charge is 2.21. The molecule has 0 fully saturated rings. The van der Waals surface area contributed by atoms with Crippen LogP contribution in [0.3, 0.4) is 0 Å². The summed E-state index contributed by atoms with van der Waals surface area (Å²) >= 11 is 0. The van der Waals surface area contributed by atoms with Gasteiger partial charge in [-0.25, -0.2) is 0 Å². The lowest BCUT2D eigenvalue weighted by Crippen LogP contribution is -2.30. The number of anilines is 1. The first-order valence-corrected chi connectivity index (χ1v) is 7.07. The van der Waals surface area contributed by atoms with Gasteiger partial charge in [-0.3, -0.25) is 4.79 Å². The third-order valence-corrected chi connectivity index (χ3v) is 3.48. The van der Waals surface area contributed by atoms with Crippen LogP contribution in [0.15, 0.2) is 71.4 Å². The summed E-state index contributed by atoms with van der Waals surface area (Å²) in [5.74, 6) is -0.117. The second kappa shape index (κ2) is 6.26. The number of para-hydroxylation sites is 1. The van der Waals surface area contributed by atoms with E-state index in [1.165, 1.54) is 6.26 Å². The first-order chi connectivity index (χ1) is 10.8. The number of amides is 1. The van der Waals surface area contributed by atoms with Crippen molar-refractivity contribution in [2.45, 2.75) is 13.5 Å². The lowest BCUT2D eigenvalue weighted by molar-refractivity contribution is 0.0984. The van der Waals surface area contributed by atoms with E-state index in [1.54, 1.807) is 11.8 Å². The molecule has 0 spiro atoms. The molecule has 1 amide bonds. The number of rotatable bonds is 4. The van der Waals surface area contributed by atoms with Gasteiger partial charge in [0.1, 0.15) is 11.8 Å². The van der Waals surface area contributed by atoms with E-state index in [0.29, 0.717) is 17.8 Å². The van der Waals surface area contributed by atoms with Gasteiger partial charge < -0.3 is 9.42 Å². The number of hydrogen-bond donors (Lipinski definition) is 0. The van der Waals surface area contributed by atoms with Crippen molar-refractivity contribution in [1.29, 1.82) is 0 Å². The zero-order valence-corrected chi connectivity index (χ0v) is 12.3. The molecule has 0 atom stereocenters. The second-order valence-corrected chi connectivity index (χ2v) is 5.03. The fraction of sp³-hybridized carbons (Fsp3) is 0.111. The monoisotopic (exact) mass is 292 g/mol. The van der Waals surface area contributed by atoms with E-state index in [1.807, 2.05) is 60.7 Å². The third-order valence-electron chi connectivity index (χ3n) is 3.48. The quantitative estimate of drug-likeness (QED) is 0.734. The summed E-state index contributed by atoms with van der Waals surface area (Å²) in [6.45, 7) is 2.26. The van der Waals surface area contributed by atoms with Crippen LogP contribution in [0.2, 0.25) is 0 Å². The molecule has 0 aliphatic heterocycles. The molecule has 0 bridgehead atoms. The molecule has 0 unspecified atom stereocenters. The molecular formula is C18H16N2O2. The van der Waals surface area contributed by atoms with Crippen LogP contribution in [-0.4, -0.2) is 11.1 Å². The van der Waals surface area contributed by atoms with Crippen LogP contribution in [0.5, 0.6) is 0 Å². The minimum absolute atomic E-state index is 0.117. The van der Waals surface area contributed by atoms with E-state index in [0.717, 1.165) is 11.3 Å². The Morgan fingerprint density at radius 3 is 2.27 bits per heavy atom. The van der Waals surface area contributed by atoms with Gasteiger partial charge in [0.05, 0.1) is 12.2 Å². The van der Waals surface area contributed by atoms with Gasteiger partial charge in [-0.05, 0) is 24.6 Å². The summed E-state index contributed by atoms with van der Waals surface area (Å²) in [6.07, 6.45) is 1.40. The molecule has 22 heavy (non-hydrogen) atoms. The maximum atomic E-state index is 12.9. The maximum Gasteiger partial charge on any atom is 0.263 e. The highest BCUT2D eigenvalue weighted by molar-refractivity contribution is 6.06. The lowest BCUT2D eigenvalue weighted by Gasteiger charge is -2.22. The van der Waals surface area contributed by atoms with Crippen LogP contribution in [-0.2, 0) is 6.54 Å². The normalized spacial score (nSPS) is 10.4. The first-order valence-electron chi connectivity index (χ1n) is 7.07. The Kier molecular flexibility index (Phi) is 4.01. The molecule has 0 aliphatic carbocycles. The molecular weight excluding hydrogens is 276 g/mol. The summed E-state index contributed by atoms with van der Waals surface area (Å²) in [4.78, 5) is 14.6. The van der Waals surface area contributed by atoms with Crippen LogP contribution >= 0.6 is 0 Å². The number of nitrogens with zero attached hydrogens (tertiary/aromatic N) is 2. The van der Waals surface area contributed by atoms with Crippen LogP contribution in [0.4, 0.5) is 5.69 Å². The molecule has 4 nitrogen and oxygen atoms in total. The van der Waals surface area contributed by atoms with Gasteiger partial charge in [-0.15, -0.1) is 0 Å². The molecule has 3 rings (SSSR count). The van der Waals surface area contributed by atoms with Gasteiger partial charge >= 0.3 is 0 Å². The van der Waals surface area contributed by atoms with Gasteiger partial charge in [0.25, 0.3) is 5.91 Å². The Bertz CT molecular complexity index is 751. The van der Waals surface area contributed by atoms with Gasteiger partial charge in [-0.1, -0.05) is 53.7 Å². The fourth-order valence-corrected chi connectivity index (χ4v) is 2.30. The summed E-state index contributed by atoms with van der Waals surface area (Å²) in [7, 11) is 0. The Labute approximate surface area is 129 Å². The Hall–Kier alpha value is -2.88. The minimum Gasteiger partial charge on any atom is -0.364 e. The second-order valence-electron chi connectivity index (χ2n) is 5.03. The van der Waals surface area contributed by atoms with Crippen LogP contribution in [0, 0.1) is 6.92 Å². The topological polar surface area (TPSA) is 46.3 Å². The molecule has 4 heteroatoms. The van der Waals surface area contributed by atoms with E-state index < -0.39 is 0 Å². The van der Waals surface area contributed by atoms with Crippen molar-refractivity contribution >= 4 is 11.6 Å². The number of hydrogen-bond acceptors (Lipinski definition) is 3. The van der Waals surface area contributed by atoms with Gasteiger partial charge in [-0.2, -0.15) is 0 Å². The molecule has 3 aromatic rings. The number of aryl methyl sites for hydroxylation is 1. The van der Waals surface area contributed by atoms with Crippen molar-refractivity contribution in [3.05, 3.63) is 83.7 Å². The SMILES string of the molecule is Cc1nocc1C(=O)N(Cc1ccccc1)c1ccccc1. The fourth-order valence-electron chi connectivity index (χ4n) is 2.30. The van der Waals surface area contributed by atoms with Gasteiger partial charge in [0.15, 0.2) is 0 Å². The molecule has 0 saturated carbocycles. The average Bonchev–Trinajstić information content (AvgIpc) is 3.00. The number of aromatic nitrogens is 1. The summed E-state index contributed by atoms with van der Waals surface area (Å²) < 4.78 is 4.91. The Balaban J connectivity index is 1.96. The largest absolute Gasteiger partial charge is 0.364 e. The zero-order chi connectivity index (χ0) is 15.4. The predicted molar refractivity (Wildman–Crippen MR) is 84.6 cm³/mol. The van der Waals surface area contributed by atoms with Crippen LogP contribution in [0.1, 0.15) is 21.6 Å². The van der Waals surface area contributed by atoms with E-state index in [9.17, 15) is 4.79 Å². The summed E-state index contributed by atoms with van der Waals surface area (Å²) in [5.41, 5.74) is 2.99. The standard InChI is InChI=1S/C18H16N2O2/c1-14-17(13-22-19-14)18(21)20(16-10-6-3-7-11-16)12-15-8-4-2-5-9-15/h2-11,13H,12H2,1H3. The maximum absolute atomic E-state index is 12.9. The number of carbonyl (C=O) groups excluding carboxylic acids is 1. The van der Waals surface area contributed by atoms with Crippen molar-refractivity contribution in [1.82, 2.24) is 5.16 Å². The molecule has 0 radical (unpaired) electrons. The van der Waals surface area contributed by atoms with Gasteiger partial charge in [0.2, 0.25) is 0 Å². The number of benzene rings is 2. The molecule has 110 valence electrons. The van der Waals surface area contributed by atoms with Crippen molar-refractivity contribution in [3.63, 3.8) is 0 Å². The molecule has 0 N–H and O–H groups in total. The van der Waals surface area contributed by atoms with Crippen molar-refractivity contribution < 1.29 is 9.32 Å². The average molecular weight is 292 g/mol. The van der Waals surface area contributed by atoms with E-state index in [-0.39, 0.29) is 5.91 Å². The van der Waals surface area contributed by atoms with Crippen LogP contribution in [0.25, 0.3) is 0 Å². The zero-order valence-electron chi connectivity index (χ0n) is 12.3. The van der Waals surface area contributed by atoms with Crippen molar-refractivity contribution in [2.75, 3.05) is 4.90 Å². The molecule has 0 aliphatic rings. The molecule has 0 saturated heterocycles. The van der Waals surface area contributed by atoms with E-state index in [2.05, 4.69) is 5.16 Å². The smallest absolute Gasteiger partial charge is 0.263 e. The van der Waals surface area contributed by atoms with Crippen molar-refractivity contribution in [2.24, 2.45) is 0 Å². The molecule has 1 heterocycles. The Morgan fingerprint density at radius 2 is 1.68 bits per heavy atom. The summed E-state index contributed by atoms with van der Waals surface area (Å²) in [5, 5.41) is 3.80. The molecule has 2 aromatic carbocycles. The van der Waals surface area contributed by atoms with Gasteiger partial charge in [0, 0.05) is 5.69 Å². The van der Waals surface area contributed by atoms with E-state index in [4.69, 9.17) is 4.52 Å². The summed E-state index contributed by atoms with van der Waals surface area (Å²) in [6, 6.07) is 19.5. The van der Waals surface area contributed by atoms with Crippen molar-refractivity contribution in [3.8, 4) is 0 Å². The lowest BCUT2D eigenvalue weighted by atomic mass is 10.1. The van der Waals surface area contributed by atoms with Crippen LogP contribution < -0.4 is 4.90 Å². The van der Waals surface area contributed by atoms with E-state index >= 15 is 0 Å². The number of carbonyl (C=O) groups is 1. The highest BCUT2D eigenvalue weighted by atomic mass is 16.5. The first kappa shape index (κ1) is 14.1. The third kappa shape index (κ3) is 2.91.